The topological polar surface area (TPSA) is 29.1 Å². The molecule has 2 bridgehead atoms. The van der Waals surface area contributed by atoms with Crippen molar-refractivity contribution in [2.45, 2.75) is 46.1 Å². The van der Waals surface area contributed by atoms with Crippen LogP contribution in [-0.2, 0) is 0 Å². The van der Waals surface area contributed by atoms with Crippen LogP contribution in [0.2, 0.25) is 5.02 Å². The maximum atomic E-state index is 12.5. The van der Waals surface area contributed by atoms with Gasteiger partial charge in [0, 0.05) is 15.2 Å². The summed E-state index contributed by atoms with van der Waals surface area (Å²) in [5, 5.41) is 3.91. The Bertz CT molecular complexity index is 600. The SMILES string of the molecule is CC1(C)C2CCC1(C)C(NC(=O)c1ccc(I)c(Cl)c1)C2. The number of halogens is 2. The molecule has 0 heterocycles. The fraction of sp³-hybridized carbons (Fsp3) is 0.588. The summed E-state index contributed by atoms with van der Waals surface area (Å²) in [6.07, 6.45) is 3.61. The third kappa shape index (κ3) is 2.31. The number of fused-ring (bicyclic) bond motifs is 2. The largest absolute Gasteiger partial charge is 0.349 e. The number of benzene rings is 1. The summed E-state index contributed by atoms with van der Waals surface area (Å²) >= 11 is 8.30. The summed E-state index contributed by atoms with van der Waals surface area (Å²) in [5.41, 5.74) is 1.18. The van der Waals surface area contributed by atoms with Gasteiger partial charge in [-0.1, -0.05) is 32.4 Å². The summed E-state index contributed by atoms with van der Waals surface area (Å²) in [4.78, 5) is 12.5. The quantitative estimate of drug-likeness (QED) is 0.682. The minimum atomic E-state index is 0.00266. The number of carbonyl (C=O) groups is 1. The van der Waals surface area contributed by atoms with Crippen LogP contribution in [0.15, 0.2) is 18.2 Å². The van der Waals surface area contributed by atoms with E-state index in [9.17, 15) is 4.79 Å². The molecule has 0 spiro atoms. The summed E-state index contributed by atoms with van der Waals surface area (Å²) in [5.74, 6) is 0.732. The Morgan fingerprint density at radius 1 is 1.38 bits per heavy atom. The van der Waals surface area contributed by atoms with Gasteiger partial charge in [0.25, 0.3) is 5.91 Å². The van der Waals surface area contributed by atoms with Crippen molar-refractivity contribution in [3.8, 4) is 0 Å². The van der Waals surface area contributed by atoms with Crippen LogP contribution >= 0.6 is 34.2 Å². The second kappa shape index (κ2) is 5.12. The van der Waals surface area contributed by atoms with Crippen molar-refractivity contribution < 1.29 is 4.79 Å². The predicted molar refractivity (Wildman–Crippen MR) is 94.7 cm³/mol. The number of amides is 1. The van der Waals surface area contributed by atoms with Gasteiger partial charge in [0.05, 0.1) is 5.02 Å². The lowest BCUT2D eigenvalue weighted by molar-refractivity contribution is 0.0826. The summed E-state index contributed by atoms with van der Waals surface area (Å²) < 4.78 is 0.971. The lowest BCUT2D eigenvalue weighted by atomic mass is 9.69. The Hall–Kier alpha value is -0.290. The zero-order valence-electron chi connectivity index (χ0n) is 12.7. The van der Waals surface area contributed by atoms with Crippen LogP contribution in [-0.4, -0.2) is 11.9 Å². The first-order chi connectivity index (χ1) is 9.75. The average Bonchev–Trinajstić information content (AvgIpc) is 2.75. The fourth-order valence-corrected chi connectivity index (χ4v) is 4.82. The van der Waals surface area contributed by atoms with E-state index in [4.69, 9.17) is 11.6 Å². The highest BCUT2D eigenvalue weighted by atomic mass is 127. The standard InChI is InChI=1S/C17H21ClINO/c1-16(2)11-6-7-17(16,3)14(9-11)20-15(21)10-4-5-13(19)12(18)8-10/h4-5,8,11,14H,6-7,9H2,1-3H3,(H,20,21). The highest BCUT2D eigenvalue weighted by molar-refractivity contribution is 14.1. The number of hydrogen-bond acceptors (Lipinski definition) is 1. The summed E-state index contributed by atoms with van der Waals surface area (Å²) in [6.45, 7) is 7.06. The van der Waals surface area contributed by atoms with Crippen molar-refractivity contribution in [3.05, 3.63) is 32.4 Å². The maximum Gasteiger partial charge on any atom is 0.251 e. The highest BCUT2D eigenvalue weighted by Crippen LogP contribution is 2.65. The molecule has 2 aliphatic carbocycles. The monoisotopic (exact) mass is 417 g/mol. The molecular formula is C17H21ClINO. The van der Waals surface area contributed by atoms with Crippen LogP contribution in [0.25, 0.3) is 0 Å². The van der Waals surface area contributed by atoms with E-state index < -0.39 is 0 Å². The molecule has 3 rings (SSSR count). The van der Waals surface area contributed by atoms with E-state index >= 15 is 0 Å². The molecule has 0 radical (unpaired) electrons. The Balaban J connectivity index is 1.79. The van der Waals surface area contributed by atoms with Gasteiger partial charge in [-0.3, -0.25) is 4.79 Å². The zero-order valence-corrected chi connectivity index (χ0v) is 15.6. The van der Waals surface area contributed by atoms with Crippen molar-refractivity contribution in [3.63, 3.8) is 0 Å². The lowest BCUT2D eigenvalue weighted by Crippen LogP contribution is -2.46. The first-order valence-electron chi connectivity index (χ1n) is 7.51. The highest BCUT2D eigenvalue weighted by Gasteiger charge is 2.61. The number of nitrogens with one attached hydrogen (secondary N) is 1. The zero-order chi connectivity index (χ0) is 15.4. The molecule has 3 atom stereocenters. The lowest BCUT2D eigenvalue weighted by Gasteiger charge is -2.39. The van der Waals surface area contributed by atoms with Gasteiger partial charge in [-0.25, -0.2) is 0 Å². The molecule has 1 N–H and O–H groups in total. The number of rotatable bonds is 2. The normalized spacial score (nSPS) is 33.2. The van der Waals surface area contributed by atoms with Gasteiger partial charge in [-0.15, -0.1) is 0 Å². The van der Waals surface area contributed by atoms with E-state index in [-0.39, 0.29) is 17.4 Å². The van der Waals surface area contributed by atoms with E-state index in [1.807, 2.05) is 12.1 Å². The second-order valence-corrected chi connectivity index (χ2v) is 8.83. The van der Waals surface area contributed by atoms with Crippen molar-refractivity contribution in [1.82, 2.24) is 5.32 Å². The molecule has 3 unspecified atom stereocenters. The van der Waals surface area contributed by atoms with E-state index in [0.717, 1.165) is 15.9 Å². The summed E-state index contributed by atoms with van der Waals surface area (Å²) in [6, 6.07) is 5.78. The van der Waals surface area contributed by atoms with Gasteiger partial charge in [-0.05, 0) is 76.8 Å². The van der Waals surface area contributed by atoms with Gasteiger partial charge in [-0.2, -0.15) is 0 Å². The molecule has 2 nitrogen and oxygen atoms in total. The number of carbonyl (C=O) groups excluding carboxylic acids is 1. The molecule has 1 aromatic carbocycles. The molecule has 2 fully saturated rings. The molecule has 2 aliphatic rings. The van der Waals surface area contributed by atoms with Gasteiger partial charge < -0.3 is 5.32 Å². The Morgan fingerprint density at radius 3 is 2.62 bits per heavy atom. The van der Waals surface area contributed by atoms with Gasteiger partial charge in [0.2, 0.25) is 0 Å². The van der Waals surface area contributed by atoms with Crippen molar-refractivity contribution in [1.29, 1.82) is 0 Å². The Labute approximate surface area is 145 Å². The Morgan fingerprint density at radius 2 is 2.10 bits per heavy atom. The minimum Gasteiger partial charge on any atom is -0.349 e. The molecule has 0 saturated heterocycles. The van der Waals surface area contributed by atoms with Crippen LogP contribution in [0.4, 0.5) is 0 Å². The van der Waals surface area contributed by atoms with Crippen LogP contribution in [0, 0.1) is 20.3 Å². The molecule has 114 valence electrons. The maximum absolute atomic E-state index is 12.5. The first-order valence-corrected chi connectivity index (χ1v) is 8.97. The van der Waals surface area contributed by atoms with E-state index in [1.54, 1.807) is 6.07 Å². The van der Waals surface area contributed by atoms with Crippen molar-refractivity contribution >= 4 is 40.1 Å². The van der Waals surface area contributed by atoms with E-state index in [1.165, 1.54) is 12.8 Å². The first kappa shape index (κ1) is 15.6. The van der Waals surface area contributed by atoms with Crippen molar-refractivity contribution in [2.24, 2.45) is 16.7 Å². The van der Waals surface area contributed by atoms with Crippen LogP contribution in [0.5, 0.6) is 0 Å². The molecule has 1 aromatic rings. The molecule has 4 heteroatoms. The molecule has 21 heavy (non-hydrogen) atoms. The van der Waals surface area contributed by atoms with Crippen LogP contribution in [0.1, 0.15) is 50.4 Å². The molecule has 0 aromatic heterocycles. The third-order valence-corrected chi connectivity index (χ3v) is 7.85. The van der Waals surface area contributed by atoms with Gasteiger partial charge in [0.15, 0.2) is 0 Å². The van der Waals surface area contributed by atoms with Gasteiger partial charge in [0.1, 0.15) is 0 Å². The van der Waals surface area contributed by atoms with Gasteiger partial charge >= 0.3 is 0 Å². The third-order valence-electron chi connectivity index (χ3n) is 6.28. The van der Waals surface area contributed by atoms with E-state index in [0.29, 0.717) is 16.0 Å². The smallest absolute Gasteiger partial charge is 0.251 e. The Kier molecular flexibility index (Phi) is 3.80. The van der Waals surface area contributed by atoms with E-state index in [2.05, 4.69) is 48.7 Å². The molecule has 0 aliphatic heterocycles. The molecular weight excluding hydrogens is 397 g/mol. The average molecular weight is 418 g/mol. The minimum absolute atomic E-state index is 0.00266. The fourth-order valence-electron chi connectivity index (χ4n) is 4.30. The van der Waals surface area contributed by atoms with Crippen molar-refractivity contribution in [2.75, 3.05) is 0 Å². The van der Waals surface area contributed by atoms with Crippen LogP contribution in [0.3, 0.4) is 0 Å². The summed E-state index contributed by atoms with van der Waals surface area (Å²) in [7, 11) is 0. The molecule has 2 saturated carbocycles. The number of hydrogen-bond donors (Lipinski definition) is 1. The molecule has 1 amide bonds. The second-order valence-electron chi connectivity index (χ2n) is 7.27. The van der Waals surface area contributed by atoms with Crippen LogP contribution < -0.4 is 5.32 Å². The predicted octanol–water partition coefficient (Wildman–Crippen LogP) is 4.89.